The summed E-state index contributed by atoms with van der Waals surface area (Å²) in [6.07, 6.45) is 7.73. The summed E-state index contributed by atoms with van der Waals surface area (Å²) in [6, 6.07) is 3.37. The van der Waals surface area contributed by atoms with Gasteiger partial charge in [-0.3, -0.25) is 14.4 Å². The summed E-state index contributed by atoms with van der Waals surface area (Å²) in [5, 5.41) is 6.18. The van der Waals surface area contributed by atoms with Crippen LogP contribution in [0.25, 0.3) is 0 Å². The van der Waals surface area contributed by atoms with E-state index in [0.29, 0.717) is 57.6 Å². The predicted octanol–water partition coefficient (Wildman–Crippen LogP) is 4.10. The van der Waals surface area contributed by atoms with Gasteiger partial charge in [-0.1, -0.05) is 37.6 Å². The first kappa shape index (κ1) is 27.6. The molecule has 0 unspecified atom stereocenters. The van der Waals surface area contributed by atoms with Crippen molar-refractivity contribution in [1.29, 1.82) is 0 Å². The van der Waals surface area contributed by atoms with E-state index in [-0.39, 0.29) is 40.6 Å². The Morgan fingerprint density at radius 1 is 1.22 bits per heavy atom. The van der Waals surface area contributed by atoms with Crippen molar-refractivity contribution in [3.63, 3.8) is 0 Å². The summed E-state index contributed by atoms with van der Waals surface area (Å²) in [7, 11) is 0. The number of carbonyl (C=O) groups is 3. The number of ether oxygens (including phenoxy) is 1. The lowest BCUT2D eigenvalue weighted by molar-refractivity contribution is -0.138. The van der Waals surface area contributed by atoms with Crippen molar-refractivity contribution in [2.45, 2.75) is 64.5 Å². The molecule has 2 fully saturated rings. The Kier molecular flexibility index (Phi) is 8.90. The summed E-state index contributed by atoms with van der Waals surface area (Å²) >= 11 is 5.88. The van der Waals surface area contributed by atoms with Crippen molar-refractivity contribution in [3.05, 3.63) is 46.8 Å². The number of hydrogen-bond donors (Lipinski definition) is 2. The monoisotopic (exact) mass is 533 g/mol. The van der Waals surface area contributed by atoms with Gasteiger partial charge in [0.05, 0.1) is 17.0 Å². The highest BCUT2D eigenvalue weighted by molar-refractivity contribution is 6.31. The highest BCUT2D eigenvalue weighted by atomic mass is 35.5. The van der Waals surface area contributed by atoms with Crippen LogP contribution in [0.5, 0.6) is 0 Å². The number of amides is 3. The van der Waals surface area contributed by atoms with Crippen LogP contribution in [0.2, 0.25) is 5.02 Å². The fourth-order valence-electron chi connectivity index (χ4n) is 5.57. The van der Waals surface area contributed by atoms with Gasteiger partial charge in [-0.15, -0.1) is 0 Å². The Morgan fingerprint density at radius 3 is 2.68 bits per heavy atom. The van der Waals surface area contributed by atoms with Crippen LogP contribution in [0, 0.1) is 23.1 Å². The van der Waals surface area contributed by atoms with Gasteiger partial charge in [0.15, 0.2) is 0 Å². The molecule has 1 aromatic carbocycles. The molecule has 4 rings (SSSR count). The zero-order valence-corrected chi connectivity index (χ0v) is 22.4. The average Bonchev–Trinajstić information content (AvgIpc) is 2.87. The molecule has 37 heavy (non-hydrogen) atoms. The van der Waals surface area contributed by atoms with Crippen LogP contribution < -0.4 is 10.6 Å². The number of nitrogens with one attached hydrogen (secondary N) is 2. The van der Waals surface area contributed by atoms with E-state index >= 15 is 0 Å². The Hall–Kier alpha value is -2.45. The number of hydrogen-bond acceptors (Lipinski definition) is 4. The number of piperidine rings is 1. The number of likely N-dealkylation sites (tertiary alicyclic amines) is 1. The smallest absolute Gasteiger partial charge is 0.253 e. The summed E-state index contributed by atoms with van der Waals surface area (Å²) in [5.74, 6) is -0.660. The molecule has 0 aromatic heterocycles. The Balaban J connectivity index is 1.53. The van der Waals surface area contributed by atoms with E-state index in [1.54, 1.807) is 4.90 Å². The van der Waals surface area contributed by atoms with Gasteiger partial charge in [0.1, 0.15) is 11.9 Å². The second kappa shape index (κ2) is 11.9. The largest absolute Gasteiger partial charge is 0.381 e. The first-order valence-corrected chi connectivity index (χ1v) is 13.6. The molecule has 0 aliphatic carbocycles. The van der Waals surface area contributed by atoms with Gasteiger partial charge in [-0.2, -0.15) is 0 Å². The third kappa shape index (κ3) is 6.52. The lowest BCUT2D eigenvalue weighted by Gasteiger charge is -2.41. The zero-order chi connectivity index (χ0) is 26.6. The number of benzene rings is 1. The number of allylic oxidation sites excluding steroid dienone is 2. The molecule has 202 valence electrons. The molecule has 3 aliphatic rings. The zero-order valence-electron chi connectivity index (χ0n) is 21.6. The van der Waals surface area contributed by atoms with Crippen molar-refractivity contribution >= 4 is 29.3 Å². The van der Waals surface area contributed by atoms with E-state index in [2.05, 4.69) is 22.8 Å². The molecule has 2 N–H and O–H groups in total. The number of nitrogens with zero attached hydrogens (tertiary/aromatic N) is 1. The van der Waals surface area contributed by atoms with Crippen molar-refractivity contribution in [2.75, 3.05) is 26.3 Å². The number of halogens is 2. The SMILES string of the molecule is CC(C)C[C@H]1NC(=O)C2(C/C=C/C[C@@H]3COCC[C@@H]3NC1=O)CCN(C(=O)c1ccc(F)c(Cl)c1)CC2. The van der Waals surface area contributed by atoms with E-state index in [0.717, 1.165) is 12.8 Å². The van der Waals surface area contributed by atoms with Gasteiger partial charge in [0.2, 0.25) is 11.8 Å². The topological polar surface area (TPSA) is 87.7 Å². The second-order valence-corrected chi connectivity index (χ2v) is 11.4. The summed E-state index contributed by atoms with van der Waals surface area (Å²) < 4.78 is 19.2. The molecule has 0 bridgehead atoms. The van der Waals surface area contributed by atoms with Crippen LogP contribution in [0.3, 0.4) is 0 Å². The molecule has 9 heteroatoms. The molecule has 1 spiro atoms. The van der Waals surface area contributed by atoms with E-state index in [1.165, 1.54) is 18.2 Å². The molecular weight excluding hydrogens is 497 g/mol. The molecule has 1 aromatic rings. The van der Waals surface area contributed by atoms with E-state index in [1.807, 2.05) is 13.8 Å². The van der Waals surface area contributed by atoms with Gasteiger partial charge in [-0.25, -0.2) is 4.39 Å². The summed E-state index contributed by atoms with van der Waals surface area (Å²) in [6.45, 7) is 6.07. The number of carbonyl (C=O) groups excluding carboxylic acids is 3. The molecular formula is C28H37ClFN3O4. The molecule has 0 saturated carbocycles. The Morgan fingerprint density at radius 2 is 1.97 bits per heavy atom. The van der Waals surface area contributed by atoms with Crippen LogP contribution in [-0.2, 0) is 14.3 Å². The average molecular weight is 534 g/mol. The second-order valence-electron chi connectivity index (χ2n) is 11.0. The normalized spacial score (nSPS) is 27.5. The maximum atomic E-state index is 13.7. The lowest BCUT2D eigenvalue weighted by Crippen LogP contribution is -2.57. The minimum absolute atomic E-state index is 0.0278. The van der Waals surface area contributed by atoms with Crippen molar-refractivity contribution in [1.82, 2.24) is 15.5 Å². The fraction of sp³-hybridized carbons (Fsp3) is 0.607. The maximum Gasteiger partial charge on any atom is 0.253 e. The molecule has 0 radical (unpaired) electrons. The van der Waals surface area contributed by atoms with Gasteiger partial charge in [0, 0.05) is 37.2 Å². The minimum atomic E-state index is -0.717. The first-order valence-electron chi connectivity index (χ1n) is 13.3. The molecule has 3 aliphatic heterocycles. The maximum absolute atomic E-state index is 13.7. The van der Waals surface area contributed by atoms with Gasteiger partial charge < -0.3 is 20.3 Å². The predicted molar refractivity (Wildman–Crippen MR) is 140 cm³/mol. The minimum Gasteiger partial charge on any atom is -0.381 e. The third-order valence-corrected chi connectivity index (χ3v) is 8.19. The van der Waals surface area contributed by atoms with Crippen LogP contribution in [0.15, 0.2) is 30.4 Å². The van der Waals surface area contributed by atoms with Gasteiger partial charge in [-0.05, 0) is 62.6 Å². The van der Waals surface area contributed by atoms with Crippen LogP contribution >= 0.6 is 11.6 Å². The molecule has 3 heterocycles. The Labute approximate surface area is 223 Å². The summed E-state index contributed by atoms with van der Waals surface area (Å²) in [4.78, 5) is 41.8. The Bertz CT molecular complexity index is 1040. The highest BCUT2D eigenvalue weighted by Gasteiger charge is 2.43. The molecule has 7 nitrogen and oxygen atoms in total. The van der Waals surface area contributed by atoms with E-state index in [4.69, 9.17) is 16.3 Å². The quantitative estimate of drug-likeness (QED) is 0.573. The van der Waals surface area contributed by atoms with E-state index < -0.39 is 17.3 Å². The van der Waals surface area contributed by atoms with Crippen LogP contribution in [0.1, 0.15) is 62.7 Å². The van der Waals surface area contributed by atoms with Crippen LogP contribution in [0.4, 0.5) is 4.39 Å². The lowest BCUT2D eigenvalue weighted by atomic mass is 9.74. The third-order valence-electron chi connectivity index (χ3n) is 7.90. The fourth-order valence-corrected chi connectivity index (χ4v) is 5.75. The first-order chi connectivity index (χ1) is 17.7. The van der Waals surface area contributed by atoms with E-state index in [9.17, 15) is 18.8 Å². The highest BCUT2D eigenvalue weighted by Crippen LogP contribution is 2.37. The molecule has 3 atom stereocenters. The van der Waals surface area contributed by atoms with Crippen molar-refractivity contribution in [3.8, 4) is 0 Å². The molecule has 3 amide bonds. The van der Waals surface area contributed by atoms with Crippen LogP contribution in [-0.4, -0.2) is 61.0 Å². The van der Waals surface area contributed by atoms with Gasteiger partial charge in [0.25, 0.3) is 5.91 Å². The molecule has 2 saturated heterocycles. The van der Waals surface area contributed by atoms with Crippen molar-refractivity contribution in [2.24, 2.45) is 17.3 Å². The summed E-state index contributed by atoms with van der Waals surface area (Å²) in [5.41, 5.74) is -0.395. The number of rotatable bonds is 3. The number of fused-ring (bicyclic) bond motifs is 1. The van der Waals surface area contributed by atoms with Gasteiger partial charge >= 0.3 is 0 Å². The van der Waals surface area contributed by atoms with Crippen molar-refractivity contribution < 1.29 is 23.5 Å². The standard InChI is InChI=1S/C28H37ClFN3O4/c1-18(2)15-24-25(34)31-23-8-14-37-17-20(23)5-3-4-9-28(27(36)32-24)10-12-33(13-11-28)26(35)19-6-7-22(30)21(29)16-19/h3-4,6-7,16,18,20,23-24H,5,8-15,17H2,1-2H3,(H,31,34)(H,32,36)/b4-3+/t20-,23+,24-/m1/s1.